The Morgan fingerprint density at radius 1 is 1.26 bits per heavy atom. The zero-order valence-corrected chi connectivity index (χ0v) is 20.6. The SMILES string of the molecule is CCOCCC(=O)N1CCC(c2nc(C(=O)Nc3cccnc3-n3nc(C)cc3C)cs2)CC1. The van der Waals surface area contributed by atoms with Crippen molar-refractivity contribution in [2.24, 2.45) is 0 Å². The number of pyridine rings is 1. The molecule has 0 unspecified atom stereocenters. The second-order valence-corrected chi connectivity index (χ2v) is 9.23. The van der Waals surface area contributed by atoms with Crippen molar-refractivity contribution in [1.82, 2.24) is 24.6 Å². The molecule has 4 rings (SSSR count). The zero-order valence-electron chi connectivity index (χ0n) is 19.8. The highest BCUT2D eigenvalue weighted by Crippen LogP contribution is 2.31. The largest absolute Gasteiger partial charge is 0.381 e. The summed E-state index contributed by atoms with van der Waals surface area (Å²) in [5.41, 5.74) is 2.78. The molecule has 0 spiro atoms. The molecule has 34 heavy (non-hydrogen) atoms. The van der Waals surface area contributed by atoms with E-state index in [0.29, 0.717) is 49.9 Å². The van der Waals surface area contributed by atoms with Crippen LogP contribution in [0.3, 0.4) is 0 Å². The Kier molecular flexibility index (Phi) is 7.69. The third-order valence-corrected chi connectivity index (χ3v) is 6.87. The van der Waals surface area contributed by atoms with E-state index < -0.39 is 0 Å². The number of nitrogens with one attached hydrogen (secondary N) is 1. The Morgan fingerprint density at radius 3 is 2.76 bits per heavy atom. The summed E-state index contributed by atoms with van der Waals surface area (Å²) in [4.78, 5) is 36.2. The molecule has 2 amide bonds. The molecule has 0 aromatic carbocycles. The number of aryl methyl sites for hydroxylation is 2. The van der Waals surface area contributed by atoms with Crippen LogP contribution in [-0.2, 0) is 9.53 Å². The van der Waals surface area contributed by atoms with E-state index >= 15 is 0 Å². The van der Waals surface area contributed by atoms with Gasteiger partial charge in [-0.05, 0) is 51.8 Å². The maximum Gasteiger partial charge on any atom is 0.275 e. The van der Waals surface area contributed by atoms with Crippen molar-refractivity contribution >= 4 is 28.8 Å². The lowest BCUT2D eigenvalue weighted by Gasteiger charge is -2.31. The number of nitrogens with zero attached hydrogens (tertiary/aromatic N) is 5. The number of aromatic nitrogens is 4. The van der Waals surface area contributed by atoms with Gasteiger partial charge in [0.2, 0.25) is 5.91 Å². The van der Waals surface area contributed by atoms with Crippen LogP contribution in [0, 0.1) is 13.8 Å². The number of carbonyl (C=O) groups is 2. The minimum Gasteiger partial charge on any atom is -0.381 e. The van der Waals surface area contributed by atoms with Crippen LogP contribution in [0.5, 0.6) is 0 Å². The van der Waals surface area contributed by atoms with Gasteiger partial charge in [-0.3, -0.25) is 9.59 Å². The molecule has 1 aliphatic rings. The molecule has 3 aromatic heterocycles. The van der Waals surface area contributed by atoms with Crippen molar-refractivity contribution in [2.45, 2.75) is 46.0 Å². The van der Waals surface area contributed by atoms with E-state index in [4.69, 9.17) is 4.74 Å². The van der Waals surface area contributed by atoms with Gasteiger partial charge in [-0.15, -0.1) is 11.3 Å². The van der Waals surface area contributed by atoms with Crippen LogP contribution in [0.1, 0.15) is 59.0 Å². The van der Waals surface area contributed by atoms with Gasteiger partial charge in [0.05, 0.1) is 29.4 Å². The number of hydrogen-bond acceptors (Lipinski definition) is 7. The molecular formula is C24H30N6O3S. The van der Waals surface area contributed by atoms with Crippen LogP contribution >= 0.6 is 11.3 Å². The fourth-order valence-electron chi connectivity index (χ4n) is 4.11. The minimum absolute atomic E-state index is 0.140. The van der Waals surface area contributed by atoms with Crippen molar-refractivity contribution in [2.75, 3.05) is 31.6 Å². The number of amides is 2. The lowest BCUT2D eigenvalue weighted by molar-refractivity contribution is -0.133. The maximum atomic E-state index is 13.0. The summed E-state index contributed by atoms with van der Waals surface area (Å²) in [6, 6.07) is 5.55. The van der Waals surface area contributed by atoms with E-state index in [1.165, 1.54) is 11.3 Å². The second kappa shape index (κ2) is 10.9. The second-order valence-electron chi connectivity index (χ2n) is 8.34. The molecule has 1 N–H and O–H groups in total. The highest BCUT2D eigenvalue weighted by atomic mass is 32.1. The Hall–Kier alpha value is -3.11. The lowest BCUT2D eigenvalue weighted by Crippen LogP contribution is -2.38. The molecule has 3 aromatic rings. The molecular weight excluding hydrogens is 452 g/mol. The Bertz CT molecular complexity index is 1150. The molecule has 0 bridgehead atoms. The smallest absolute Gasteiger partial charge is 0.275 e. The summed E-state index contributed by atoms with van der Waals surface area (Å²) < 4.78 is 7.01. The number of carbonyl (C=O) groups excluding carboxylic acids is 2. The van der Waals surface area contributed by atoms with Crippen molar-refractivity contribution in [1.29, 1.82) is 0 Å². The van der Waals surface area contributed by atoms with Gasteiger partial charge in [-0.2, -0.15) is 5.10 Å². The molecule has 1 saturated heterocycles. The molecule has 1 aliphatic heterocycles. The van der Waals surface area contributed by atoms with E-state index in [1.54, 1.807) is 22.3 Å². The monoisotopic (exact) mass is 482 g/mol. The molecule has 0 atom stereocenters. The molecule has 0 aliphatic carbocycles. The van der Waals surface area contributed by atoms with Gasteiger partial charge in [0, 0.05) is 42.9 Å². The van der Waals surface area contributed by atoms with Crippen molar-refractivity contribution in [3.05, 3.63) is 51.9 Å². The van der Waals surface area contributed by atoms with E-state index in [0.717, 1.165) is 29.2 Å². The first-order chi connectivity index (χ1) is 16.5. The van der Waals surface area contributed by atoms with Gasteiger partial charge in [0.1, 0.15) is 5.69 Å². The van der Waals surface area contributed by atoms with Crippen molar-refractivity contribution < 1.29 is 14.3 Å². The van der Waals surface area contributed by atoms with Crippen LogP contribution in [0.4, 0.5) is 5.69 Å². The third kappa shape index (κ3) is 5.51. The average Bonchev–Trinajstić information content (AvgIpc) is 3.46. The Balaban J connectivity index is 1.38. The van der Waals surface area contributed by atoms with Crippen LogP contribution in [0.25, 0.3) is 5.82 Å². The van der Waals surface area contributed by atoms with E-state index in [9.17, 15) is 9.59 Å². The van der Waals surface area contributed by atoms with Gasteiger partial charge >= 0.3 is 0 Å². The van der Waals surface area contributed by atoms with Crippen LogP contribution < -0.4 is 5.32 Å². The minimum atomic E-state index is -0.276. The first kappa shape index (κ1) is 24.0. The number of piperidine rings is 1. The number of anilines is 1. The summed E-state index contributed by atoms with van der Waals surface area (Å²) >= 11 is 1.50. The molecule has 1 fully saturated rings. The summed E-state index contributed by atoms with van der Waals surface area (Å²) in [7, 11) is 0. The fourth-order valence-corrected chi connectivity index (χ4v) is 5.08. The molecule has 0 radical (unpaired) electrons. The Labute approximate surface area is 203 Å². The van der Waals surface area contributed by atoms with Crippen molar-refractivity contribution in [3.8, 4) is 5.82 Å². The topological polar surface area (TPSA) is 102 Å². The van der Waals surface area contributed by atoms with Crippen LogP contribution in [0.2, 0.25) is 0 Å². The van der Waals surface area contributed by atoms with Crippen molar-refractivity contribution in [3.63, 3.8) is 0 Å². The van der Waals surface area contributed by atoms with E-state index in [-0.39, 0.29) is 17.7 Å². The normalized spacial score (nSPS) is 14.4. The van der Waals surface area contributed by atoms with E-state index in [1.807, 2.05) is 37.8 Å². The highest BCUT2D eigenvalue weighted by molar-refractivity contribution is 7.10. The summed E-state index contributed by atoms with van der Waals surface area (Å²) in [5.74, 6) is 0.687. The van der Waals surface area contributed by atoms with Gasteiger partial charge in [0.25, 0.3) is 5.91 Å². The van der Waals surface area contributed by atoms with Gasteiger partial charge in [-0.1, -0.05) is 0 Å². The summed E-state index contributed by atoms with van der Waals surface area (Å²) in [5, 5.41) is 10.2. The highest BCUT2D eigenvalue weighted by Gasteiger charge is 2.26. The predicted octanol–water partition coefficient (Wildman–Crippen LogP) is 3.73. The van der Waals surface area contributed by atoms with Gasteiger partial charge < -0.3 is 15.0 Å². The first-order valence-corrected chi connectivity index (χ1v) is 12.4. The zero-order chi connectivity index (χ0) is 24.1. The summed E-state index contributed by atoms with van der Waals surface area (Å²) in [6.07, 6.45) is 3.80. The molecule has 4 heterocycles. The number of likely N-dealkylation sites (tertiary alicyclic amines) is 1. The van der Waals surface area contributed by atoms with Crippen LogP contribution in [0.15, 0.2) is 29.8 Å². The number of rotatable bonds is 8. The average molecular weight is 483 g/mol. The standard InChI is InChI=1S/C24H30N6O3S/c1-4-33-13-9-21(31)29-11-7-18(8-12-29)24-27-20(15-34-24)23(32)26-19-6-5-10-25-22(19)30-17(3)14-16(2)28-30/h5-6,10,14-15,18H,4,7-9,11-13H2,1-3H3,(H,26,32). The maximum absolute atomic E-state index is 13.0. The van der Waals surface area contributed by atoms with Gasteiger partial charge in [0.15, 0.2) is 5.82 Å². The summed E-state index contributed by atoms with van der Waals surface area (Å²) in [6.45, 7) is 8.30. The van der Waals surface area contributed by atoms with Crippen LogP contribution in [-0.4, -0.2) is 62.8 Å². The molecule has 10 heteroatoms. The first-order valence-electron chi connectivity index (χ1n) is 11.6. The molecule has 180 valence electrons. The third-order valence-electron chi connectivity index (χ3n) is 5.86. The number of thiazole rings is 1. The lowest BCUT2D eigenvalue weighted by atomic mass is 9.97. The van der Waals surface area contributed by atoms with E-state index in [2.05, 4.69) is 20.4 Å². The predicted molar refractivity (Wildman–Crippen MR) is 131 cm³/mol. The number of hydrogen-bond donors (Lipinski definition) is 1. The molecule has 0 saturated carbocycles. The number of ether oxygens (including phenoxy) is 1. The molecule has 9 nitrogen and oxygen atoms in total. The Morgan fingerprint density at radius 2 is 2.06 bits per heavy atom. The van der Waals surface area contributed by atoms with Gasteiger partial charge in [-0.25, -0.2) is 14.6 Å². The fraction of sp³-hybridized carbons (Fsp3) is 0.458. The quantitative estimate of drug-likeness (QED) is 0.491.